The Morgan fingerprint density at radius 1 is 1.09 bits per heavy atom. The van der Waals surface area contributed by atoms with Gasteiger partial charge in [0.15, 0.2) is 5.65 Å². The molecule has 4 aromatic rings. The molecule has 8 heteroatoms. The standard InChI is InChI=1S/C24H26N6O2/c1-3-4-5-8-15-30-20-10-7-6-9-19(20)21-22(30)26-24(29-27-21)28-25-16-17-11-13-18(14-12-17)23(31)32-2/h6-7,9-14,16H,3-5,8,15H2,1-2H3,(H,26,28,29)/b25-16+. The molecule has 0 bridgehead atoms. The van der Waals surface area contributed by atoms with Crippen molar-refractivity contribution in [2.75, 3.05) is 12.5 Å². The van der Waals surface area contributed by atoms with Gasteiger partial charge in [0, 0.05) is 11.9 Å². The van der Waals surface area contributed by atoms with Gasteiger partial charge in [0.25, 0.3) is 5.95 Å². The lowest BCUT2D eigenvalue weighted by molar-refractivity contribution is 0.0600. The molecule has 0 radical (unpaired) electrons. The Bertz CT molecular complexity index is 1250. The predicted molar refractivity (Wildman–Crippen MR) is 126 cm³/mol. The summed E-state index contributed by atoms with van der Waals surface area (Å²) >= 11 is 0. The summed E-state index contributed by atoms with van der Waals surface area (Å²) in [5.41, 5.74) is 6.89. The first-order chi connectivity index (χ1) is 15.7. The monoisotopic (exact) mass is 430 g/mol. The zero-order valence-electron chi connectivity index (χ0n) is 18.3. The first kappa shape index (κ1) is 21.4. The van der Waals surface area contributed by atoms with Crippen molar-refractivity contribution in [1.82, 2.24) is 19.7 Å². The van der Waals surface area contributed by atoms with Crippen LogP contribution >= 0.6 is 0 Å². The minimum Gasteiger partial charge on any atom is -0.465 e. The second-order valence-electron chi connectivity index (χ2n) is 7.52. The molecule has 2 aromatic carbocycles. The van der Waals surface area contributed by atoms with E-state index in [4.69, 9.17) is 9.72 Å². The van der Waals surface area contributed by atoms with E-state index in [0.29, 0.717) is 11.5 Å². The molecule has 0 aliphatic rings. The van der Waals surface area contributed by atoms with E-state index in [2.05, 4.69) is 44.3 Å². The molecule has 0 aliphatic heterocycles. The molecule has 2 aromatic heterocycles. The molecule has 0 atom stereocenters. The highest BCUT2D eigenvalue weighted by Gasteiger charge is 2.14. The minimum atomic E-state index is -0.371. The van der Waals surface area contributed by atoms with Crippen molar-refractivity contribution in [3.8, 4) is 0 Å². The number of carbonyl (C=O) groups is 1. The SMILES string of the molecule is CCCCCCn1c2ccccc2c2nnc(N/N=C/c3ccc(C(=O)OC)cc3)nc21. The number of hydrogen-bond donors (Lipinski definition) is 1. The van der Waals surface area contributed by atoms with Gasteiger partial charge in [0.1, 0.15) is 5.52 Å². The number of aromatic nitrogens is 4. The van der Waals surface area contributed by atoms with E-state index < -0.39 is 0 Å². The maximum atomic E-state index is 11.5. The zero-order chi connectivity index (χ0) is 22.3. The number of nitrogens with zero attached hydrogens (tertiary/aromatic N) is 5. The number of benzene rings is 2. The Labute approximate surface area is 186 Å². The second kappa shape index (κ2) is 10.00. The third-order valence-corrected chi connectivity index (χ3v) is 5.32. The maximum absolute atomic E-state index is 11.5. The smallest absolute Gasteiger partial charge is 0.337 e. The number of hydrazone groups is 1. The summed E-state index contributed by atoms with van der Waals surface area (Å²) in [5, 5.41) is 13.9. The Morgan fingerprint density at radius 3 is 2.69 bits per heavy atom. The first-order valence-corrected chi connectivity index (χ1v) is 10.8. The Balaban J connectivity index is 1.55. The van der Waals surface area contributed by atoms with E-state index in [9.17, 15) is 4.79 Å². The summed E-state index contributed by atoms with van der Waals surface area (Å²) in [6, 6.07) is 15.1. The predicted octanol–water partition coefficient (Wildman–Crippen LogP) is 4.79. The van der Waals surface area contributed by atoms with Gasteiger partial charge in [-0.2, -0.15) is 10.1 Å². The summed E-state index contributed by atoms with van der Waals surface area (Å²) in [4.78, 5) is 16.2. The Hall–Kier alpha value is -3.81. The second-order valence-corrected chi connectivity index (χ2v) is 7.52. The third kappa shape index (κ3) is 4.59. The van der Waals surface area contributed by atoms with Crippen LogP contribution in [-0.2, 0) is 11.3 Å². The van der Waals surface area contributed by atoms with E-state index >= 15 is 0 Å². The molecule has 32 heavy (non-hydrogen) atoms. The van der Waals surface area contributed by atoms with E-state index in [1.807, 2.05) is 12.1 Å². The molecule has 1 N–H and O–H groups in total. The van der Waals surface area contributed by atoms with Crippen LogP contribution in [0.2, 0.25) is 0 Å². The number of fused-ring (bicyclic) bond motifs is 3. The highest BCUT2D eigenvalue weighted by atomic mass is 16.5. The van der Waals surface area contributed by atoms with Crippen molar-refractivity contribution < 1.29 is 9.53 Å². The van der Waals surface area contributed by atoms with Crippen LogP contribution in [0.1, 0.15) is 48.5 Å². The van der Waals surface area contributed by atoms with Crippen molar-refractivity contribution in [1.29, 1.82) is 0 Å². The van der Waals surface area contributed by atoms with Crippen LogP contribution in [0.5, 0.6) is 0 Å². The van der Waals surface area contributed by atoms with E-state index in [-0.39, 0.29) is 5.97 Å². The van der Waals surface area contributed by atoms with Crippen LogP contribution < -0.4 is 5.43 Å². The number of methoxy groups -OCH3 is 1. The topological polar surface area (TPSA) is 94.3 Å². The molecular formula is C24H26N6O2. The third-order valence-electron chi connectivity index (χ3n) is 5.32. The van der Waals surface area contributed by atoms with Gasteiger partial charge in [-0.1, -0.05) is 56.5 Å². The molecule has 8 nitrogen and oxygen atoms in total. The number of para-hydroxylation sites is 1. The average Bonchev–Trinajstić information content (AvgIpc) is 3.15. The van der Waals surface area contributed by atoms with Crippen LogP contribution in [0.15, 0.2) is 53.6 Å². The number of esters is 1. The van der Waals surface area contributed by atoms with Crippen LogP contribution in [0.4, 0.5) is 5.95 Å². The zero-order valence-corrected chi connectivity index (χ0v) is 18.3. The number of carbonyl (C=O) groups excluding carboxylic acids is 1. The van der Waals surface area contributed by atoms with Gasteiger partial charge in [0.05, 0.1) is 24.4 Å². The number of rotatable bonds is 9. The lowest BCUT2D eigenvalue weighted by Gasteiger charge is -2.06. The first-order valence-electron chi connectivity index (χ1n) is 10.8. The van der Waals surface area contributed by atoms with Crippen molar-refractivity contribution >= 4 is 40.2 Å². The number of nitrogens with one attached hydrogen (secondary N) is 1. The molecule has 164 valence electrons. The highest BCUT2D eigenvalue weighted by Crippen LogP contribution is 2.26. The lowest BCUT2D eigenvalue weighted by atomic mass is 10.1. The van der Waals surface area contributed by atoms with Crippen LogP contribution in [0.25, 0.3) is 22.1 Å². The van der Waals surface area contributed by atoms with Gasteiger partial charge in [0.2, 0.25) is 0 Å². The van der Waals surface area contributed by atoms with Crippen molar-refractivity contribution in [3.63, 3.8) is 0 Å². The molecule has 0 saturated carbocycles. The van der Waals surface area contributed by atoms with Gasteiger partial charge in [-0.05, 0) is 30.2 Å². The van der Waals surface area contributed by atoms with E-state index in [0.717, 1.165) is 40.6 Å². The van der Waals surface area contributed by atoms with Gasteiger partial charge in [-0.3, -0.25) is 0 Å². The number of ether oxygens (including phenoxy) is 1. The molecule has 0 fully saturated rings. The molecule has 0 saturated heterocycles. The minimum absolute atomic E-state index is 0.331. The van der Waals surface area contributed by atoms with Crippen LogP contribution in [0.3, 0.4) is 0 Å². The molecule has 0 spiro atoms. The fourth-order valence-electron chi connectivity index (χ4n) is 3.66. The summed E-state index contributed by atoms with van der Waals surface area (Å²) in [6.45, 7) is 3.10. The largest absolute Gasteiger partial charge is 0.465 e. The molecule has 0 unspecified atom stereocenters. The molecule has 0 aliphatic carbocycles. The normalized spacial score (nSPS) is 11.4. The fourth-order valence-corrected chi connectivity index (χ4v) is 3.66. The van der Waals surface area contributed by atoms with Gasteiger partial charge in [-0.25, -0.2) is 10.2 Å². The Kier molecular flexibility index (Phi) is 6.69. The van der Waals surface area contributed by atoms with Gasteiger partial charge in [-0.15, -0.1) is 10.2 Å². The van der Waals surface area contributed by atoms with Crippen molar-refractivity contribution in [3.05, 3.63) is 59.7 Å². The van der Waals surface area contributed by atoms with Crippen molar-refractivity contribution in [2.24, 2.45) is 5.10 Å². The summed E-state index contributed by atoms with van der Waals surface area (Å²) in [7, 11) is 1.36. The highest BCUT2D eigenvalue weighted by molar-refractivity contribution is 6.04. The van der Waals surface area contributed by atoms with Crippen LogP contribution in [0, 0.1) is 0 Å². The van der Waals surface area contributed by atoms with Gasteiger partial charge >= 0.3 is 5.97 Å². The van der Waals surface area contributed by atoms with E-state index in [1.54, 1.807) is 30.5 Å². The molecule has 0 amide bonds. The summed E-state index contributed by atoms with van der Waals surface area (Å²) < 4.78 is 6.93. The average molecular weight is 431 g/mol. The molecule has 2 heterocycles. The fraction of sp³-hybridized carbons (Fsp3) is 0.292. The summed E-state index contributed by atoms with van der Waals surface area (Å²) in [5.74, 6) is -0.0398. The molecular weight excluding hydrogens is 404 g/mol. The van der Waals surface area contributed by atoms with Crippen molar-refractivity contribution in [2.45, 2.75) is 39.2 Å². The number of hydrogen-bond acceptors (Lipinski definition) is 7. The number of aryl methyl sites for hydroxylation is 1. The summed E-state index contributed by atoms with van der Waals surface area (Å²) in [6.07, 6.45) is 6.34. The molecule has 4 rings (SSSR count). The lowest BCUT2D eigenvalue weighted by Crippen LogP contribution is -2.03. The number of unbranched alkanes of at least 4 members (excludes halogenated alkanes) is 3. The number of anilines is 1. The quantitative estimate of drug-likeness (QED) is 0.178. The maximum Gasteiger partial charge on any atom is 0.337 e. The van der Waals surface area contributed by atoms with Gasteiger partial charge < -0.3 is 9.30 Å². The Morgan fingerprint density at radius 2 is 1.91 bits per heavy atom. The van der Waals surface area contributed by atoms with E-state index in [1.165, 1.54) is 26.4 Å². The van der Waals surface area contributed by atoms with Crippen LogP contribution in [-0.4, -0.2) is 39.0 Å².